The molecule has 0 aliphatic carbocycles. The van der Waals surface area contributed by atoms with E-state index in [1.807, 2.05) is 12.1 Å². The van der Waals surface area contributed by atoms with Crippen molar-refractivity contribution in [2.45, 2.75) is 64.2 Å². The summed E-state index contributed by atoms with van der Waals surface area (Å²) in [7, 11) is 2.56. The molecule has 3 aromatic carbocycles. The van der Waals surface area contributed by atoms with E-state index in [0.29, 0.717) is 24.7 Å². The normalized spacial score (nSPS) is 10.7. The Hall–Kier alpha value is -3.80. The summed E-state index contributed by atoms with van der Waals surface area (Å²) in [5.74, 6) is -0.393. The quantitative estimate of drug-likeness (QED) is 0.121. The molecule has 6 heteroatoms. The summed E-state index contributed by atoms with van der Waals surface area (Å²) in [4.78, 5) is 24.8. The zero-order chi connectivity index (χ0) is 28.4. The predicted octanol–water partition coefficient (Wildman–Crippen LogP) is 7.62. The van der Waals surface area contributed by atoms with Crippen molar-refractivity contribution in [3.8, 4) is 11.5 Å². The Labute approximate surface area is 238 Å². The molecular weight excluding hydrogens is 504 g/mol. The molecule has 0 heterocycles. The van der Waals surface area contributed by atoms with Gasteiger partial charge in [0.05, 0.1) is 38.6 Å². The van der Waals surface area contributed by atoms with E-state index < -0.39 is 11.9 Å². The van der Waals surface area contributed by atoms with Crippen molar-refractivity contribution in [1.82, 2.24) is 0 Å². The Morgan fingerprint density at radius 3 is 1.27 bits per heavy atom. The molecule has 0 spiro atoms. The van der Waals surface area contributed by atoms with E-state index in [-0.39, 0.29) is 11.1 Å². The minimum Gasteiger partial charge on any atom is -0.490 e. The van der Waals surface area contributed by atoms with Crippen LogP contribution in [-0.4, -0.2) is 39.4 Å². The van der Waals surface area contributed by atoms with E-state index in [1.165, 1.54) is 37.5 Å². The lowest BCUT2D eigenvalue weighted by Gasteiger charge is -2.16. The molecule has 0 fully saturated rings. The minimum atomic E-state index is -0.629. The monoisotopic (exact) mass is 546 g/mol. The number of benzene rings is 3. The van der Waals surface area contributed by atoms with E-state index in [1.54, 1.807) is 0 Å². The number of carbonyl (C=O) groups is 2. The highest BCUT2D eigenvalue weighted by atomic mass is 16.5. The second-order valence-corrected chi connectivity index (χ2v) is 9.82. The van der Waals surface area contributed by atoms with Crippen LogP contribution in [-0.2, 0) is 22.3 Å². The van der Waals surface area contributed by atoms with E-state index >= 15 is 0 Å². The Balaban J connectivity index is 1.52. The molecule has 0 aromatic heterocycles. The molecule has 3 aromatic rings. The average molecular weight is 547 g/mol. The molecule has 214 valence electrons. The molecule has 0 saturated heterocycles. The molecule has 0 bridgehead atoms. The third kappa shape index (κ3) is 10.4. The third-order valence-corrected chi connectivity index (χ3v) is 6.81. The lowest BCUT2D eigenvalue weighted by molar-refractivity contribution is 0.0554. The fraction of sp³-hybridized carbons (Fsp3) is 0.412. The average Bonchev–Trinajstić information content (AvgIpc) is 3.00. The number of unbranched alkanes of at least 4 members (excludes halogenated alkanes) is 6. The first-order valence-electron chi connectivity index (χ1n) is 14.3. The first-order chi connectivity index (χ1) is 19.6. The topological polar surface area (TPSA) is 71.1 Å². The van der Waals surface area contributed by atoms with Crippen LogP contribution in [0.3, 0.4) is 0 Å². The zero-order valence-electron chi connectivity index (χ0n) is 23.9. The Bertz CT molecular complexity index is 1070. The minimum absolute atomic E-state index is 0.0977. The van der Waals surface area contributed by atoms with Crippen molar-refractivity contribution in [1.29, 1.82) is 0 Å². The van der Waals surface area contributed by atoms with Crippen LogP contribution in [0, 0.1) is 0 Å². The Morgan fingerprint density at radius 2 is 0.900 bits per heavy atom. The fourth-order valence-corrected chi connectivity index (χ4v) is 4.57. The highest BCUT2D eigenvalue weighted by Gasteiger charge is 2.23. The van der Waals surface area contributed by atoms with Crippen LogP contribution in [0.25, 0.3) is 0 Å². The predicted molar refractivity (Wildman–Crippen MR) is 157 cm³/mol. The lowest BCUT2D eigenvalue weighted by Crippen LogP contribution is -2.13. The Morgan fingerprint density at radius 1 is 0.525 bits per heavy atom. The first-order valence-corrected chi connectivity index (χ1v) is 14.3. The van der Waals surface area contributed by atoms with Crippen molar-refractivity contribution < 1.29 is 28.5 Å². The van der Waals surface area contributed by atoms with Crippen LogP contribution in [0.4, 0.5) is 0 Å². The highest BCUT2D eigenvalue weighted by Crippen LogP contribution is 2.33. The summed E-state index contributed by atoms with van der Waals surface area (Å²) in [6.07, 6.45) is 10.5. The number of carbonyl (C=O) groups excluding carboxylic acids is 2. The summed E-state index contributed by atoms with van der Waals surface area (Å²) in [5, 5.41) is 0. The number of ether oxygens (including phenoxy) is 4. The van der Waals surface area contributed by atoms with Gasteiger partial charge in [0.15, 0.2) is 11.5 Å². The van der Waals surface area contributed by atoms with Gasteiger partial charge in [0, 0.05) is 0 Å². The lowest BCUT2D eigenvalue weighted by atomic mass is 10.1. The summed E-state index contributed by atoms with van der Waals surface area (Å²) in [6, 6.07) is 24.1. The zero-order valence-corrected chi connectivity index (χ0v) is 23.9. The summed E-state index contributed by atoms with van der Waals surface area (Å²) < 4.78 is 21.9. The second-order valence-electron chi connectivity index (χ2n) is 9.82. The van der Waals surface area contributed by atoms with Gasteiger partial charge in [0.2, 0.25) is 0 Å². The van der Waals surface area contributed by atoms with Gasteiger partial charge in [-0.2, -0.15) is 0 Å². The van der Waals surface area contributed by atoms with Crippen molar-refractivity contribution in [3.63, 3.8) is 0 Å². The molecule has 0 saturated carbocycles. The molecule has 0 aliphatic heterocycles. The number of hydrogen-bond acceptors (Lipinski definition) is 6. The van der Waals surface area contributed by atoms with Crippen LogP contribution in [0.2, 0.25) is 0 Å². The SMILES string of the molecule is COC(=O)c1cc(OCCCCCCc2ccccc2)c(OCCCCCCc2ccccc2)cc1C(=O)OC. The maximum Gasteiger partial charge on any atom is 0.338 e. The number of rotatable bonds is 18. The maximum absolute atomic E-state index is 12.4. The van der Waals surface area contributed by atoms with E-state index in [9.17, 15) is 9.59 Å². The molecule has 0 radical (unpaired) electrons. The summed E-state index contributed by atoms with van der Waals surface area (Å²) >= 11 is 0. The number of esters is 2. The third-order valence-electron chi connectivity index (χ3n) is 6.81. The van der Waals surface area contributed by atoms with E-state index in [2.05, 4.69) is 48.5 Å². The van der Waals surface area contributed by atoms with Gasteiger partial charge < -0.3 is 18.9 Å². The number of hydrogen-bond donors (Lipinski definition) is 0. The van der Waals surface area contributed by atoms with Crippen molar-refractivity contribution in [3.05, 3.63) is 95.1 Å². The molecule has 0 N–H and O–H groups in total. The highest BCUT2D eigenvalue weighted by molar-refractivity contribution is 6.04. The van der Waals surface area contributed by atoms with Crippen molar-refractivity contribution >= 4 is 11.9 Å². The Kier molecular flexibility index (Phi) is 13.6. The molecular formula is C34H42O6. The van der Waals surface area contributed by atoms with Crippen molar-refractivity contribution in [2.75, 3.05) is 27.4 Å². The smallest absolute Gasteiger partial charge is 0.338 e. The second kappa shape index (κ2) is 17.7. The summed E-state index contributed by atoms with van der Waals surface area (Å²) in [5.41, 5.74) is 2.91. The van der Waals surface area contributed by atoms with E-state index in [4.69, 9.17) is 18.9 Å². The summed E-state index contributed by atoms with van der Waals surface area (Å²) in [6.45, 7) is 0.971. The molecule has 3 rings (SSSR count). The van der Waals surface area contributed by atoms with Gasteiger partial charge in [-0.1, -0.05) is 86.3 Å². The van der Waals surface area contributed by atoms with Gasteiger partial charge in [-0.15, -0.1) is 0 Å². The van der Waals surface area contributed by atoms with Gasteiger partial charge in [-0.25, -0.2) is 9.59 Å². The van der Waals surface area contributed by atoms with Crippen LogP contribution in [0.15, 0.2) is 72.8 Å². The number of aryl methyl sites for hydroxylation is 2. The largest absolute Gasteiger partial charge is 0.490 e. The van der Waals surface area contributed by atoms with Crippen LogP contribution >= 0.6 is 0 Å². The van der Waals surface area contributed by atoms with Gasteiger partial charge in [-0.3, -0.25) is 0 Å². The van der Waals surface area contributed by atoms with Gasteiger partial charge in [0.1, 0.15) is 0 Å². The first kappa shape index (κ1) is 30.7. The standard InChI is InChI=1S/C34H42O6/c1-37-33(35)29-25-31(39-23-15-5-3-9-17-27-19-11-7-12-20-27)32(26-30(29)34(36)38-2)40-24-16-6-4-10-18-28-21-13-8-14-22-28/h7-8,11-14,19-22,25-26H,3-6,9-10,15-18,23-24H2,1-2H3. The molecule has 40 heavy (non-hydrogen) atoms. The van der Waals surface area contributed by atoms with Crippen LogP contribution < -0.4 is 9.47 Å². The fourth-order valence-electron chi connectivity index (χ4n) is 4.57. The van der Waals surface area contributed by atoms with Gasteiger partial charge in [0.25, 0.3) is 0 Å². The van der Waals surface area contributed by atoms with Crippen LogP contribution in [0.5, 0.6) is 11.5 Å². The molecule has 6 nitrogen and oxygen atoms in total. The van der Waals surface area contributed by atoms with Gasteiger partial charge >= 0.3 is 11.9 Å². The molecule has 0 aliphatic rings. The number of methoxy groups -OCH3 is 2. The van der Waals surface area contributed by atoms with Crippen LogP contribution in [0.1, 0.15) is 83.2 Å². The van der Waals surface area contributed by atoms with E-state index in [0.717, 1.165) is 64.2 Å². The van der Waals surface area contributed by atoms with Crippen molar-refractivity contribution in [2.24, 2.45) is 0 Å². The maximum atomic E-state index is 12.4. The van der Waals surface area contributed by atoms with Gasteiger partial charge in [-0.05, 0) is 61.8 Å². The molecule has 0 unspecified atom stereocenters. The molecule has 0 atom stereocenters. The molecule has 0 amide bonds.